The fourth-order valence-corrected chi connectivity index (χ4v) is 2.51. The molecule has 1 atom stereocenters. The maximum Gasteiger partial charge on any atom is 0.334 e. The van der Waals surface area contributed by atoms with Gasteiger partial charge < -0.3 is 14.2 Å². The summed E-state index contributed by atoms with van der Waals surface area (Å²) in [4.78, 5) is 22.2. The first-order valence-electron chi connectivity index (χ1n) is 8.51. The Morgan fingerprint density at radius 3 is 2.44 bits per heavy atom. The highest BCUT2D eigenvalue weighted by Crippen LogP contribution is 2.32. The van der Waals surface area contributed by atoms with Crippen molar-refractivity contribution in [2.24, 2.45) is 0 Å². The zero-order valence-corrected chi connectivity index (χ0v) is 14.4. The Kier molecular flexibility index (Phi) is 7.26. The Morgan fingerprint density at radius 2 is 1.84 bits per heavy atom. The third kappa shape index (κ3) is 6.10. The van der Waals surface area contributed by atoms with Gasteiger partial charge in [0.1, 0.15) is 11.9 Å². The number of rotatable bonds is 10. The van der Waals surface area contributed by atoms with E-state index in [0.717, 1.165) is 37.0 Å². The average molecular weight is 344 g/mol. The van der Waals surface area contributed by atoms with E-state index in [1.165, 1.54) is 6.08 Å². The fourth-order valence-electron chi connectivity index (χ4n) is 2.51. The van der Waals surface area contributed by atoms with Crippen molar-refractivity contribution in [2.45, 2.75) is 38.2 Å². The van der Waals surface area contributed by atoms with Gasteiger partial charge in [0.05, 0.1) is 13.2 Å². The second-order valence-corrected chi connectivity index (χ2v) is 5.90. The maximum absolute atomic E-state index is 11.4. The van der Waals surface area contributed by atoms with E-state index >= 15 is 0 Å². The Labute approximate surface area is 148 Å². The summed E-state index contributed by atoms with van der Waals surface area (Å²) in [6.07, 6.45) is 5.28. The minimum absolute atomic E-state index is 0.232. The smallest absolute Gasteiger partial charge is 0.334 e. The number of carbonyl (C=O) groups is 2. The molecule has 1 aliphatic heterocycles. The van der Waals surface area contributed by atoms with Crippen molar-refractivity contribution >= 4 is 11.9 Å². The summed E-state index contributed by atoms with van der Waals surface area (Å²) in [5.74, 6) is 0.111. The van der Waals surface area contributed by atoms with Crippen LogP contribution in [0.1, 0.15) is 43.8 Å². The van der Waals surface area contributed by atoms with Gasteiger partial charge in [-0.25, -0.2) is 9.59 Å². The monoisotopic (exact) mass is 344 g/mol. The van der Waals surface area contributed by atoms with Crippen molar-refractivity contribution in [1.29, 1.82) is 0 Å². The first kappa shape index (κ1) is 18.8. The highest BCUT2D eigenvalue weighted by Gasteiger charge is 2.28. The van der Waals surface area contributed by atoms with Crippen LogP contribution in [0.15, 0.2) is 49.1 Å². The van der Waals surface area contributed by atoms with Crippen LogP contribution in [0.5, 0.6) is 5.75 Å². The van der Waals surface area contributed by atoms with E-state index in [-0.39, 0.29) is 18.0 Å². The Balaban J connectivity index is 1.59. The van der Waals surface area contributed by atoms with Gasteiger partial charge in [0.15, 0.2) is 0 Å². The molecule has 5 heteroatoms. The third-order valence-corrected chi connectivity index (χ3v) is 3.94. The molecule has 1 unspecified atom stereocenters. The predicted octanol–water partition coefficient (Wildman–Crippen LogP) is 3.90. The summed E-state index contributed by atoms with van der Waals surface area (Å²) in [7, 11) is 0. The van der Waals surface area contributed by atoms with Crippen LogP contribution in [0.25, 0.3) is 0 Å². The highest BCUT2D eigenvalue weighted by molar-refractivity contribution is 5.90. The summed E-state index contributed by atoms with van der Waals surface area (Å²) >= 11 is 0. The molecule has 0 spiro atoms. The molecule has 5 nitrogen and oxygen atoms in total. The van der Waals surface area contributed by atoms with E-state index < -0.39 is 0 Å². The van der Waals surface area contributed by atoms with Crippen LogP contribution in [0, 0.1) is 0 Å². The second kappa shape index (κ2) is 9.67. The SMILES string of the molecule is C=CC(=O)OCCCCCCOc1ccc(C2CC(=C)C(=O)O2)cc1. The molecule has 2 rings (SSSR count). The molecule has 1 heterocycles. The second-order valence-electron chi connectivity index (χ2n) is 5.90. The van der Waals surface area contributed by atoms with Crippen LogP contribution in [-0.2, 0) is 19.1 Å². The lowest BCUT2D eigenvalue weighted by Gasteiger charge is -2.11. The molecule has 134 valence electrons. The summed E-state index contributed by atoms with van der Waals surface area (Å²) in [6.45, 7) is 8.11. The maximum atomic E-state index is 11.4. The zero-order valence-electron chi connectivity index (χ0n) is 14.4. The van der Waals surface area contributed by atoms with Crippen LogP contribution >= 0.6 is 0 Å². The van der Waals surface area contributed by atoms with E-state index in [4.69, 9.17) is 14.2 Å². The van der Waals surface area contributed by atoms with Gasteiger partial charge in [-0.2, -0.15) is 0 Å². The summed E-state index contributed by atoms with van der Waals surface area (Å²) in [5.41, 5.74) is 1.47. The number of carbonyl (C=O) groups excluding carboxylic acids is 2. The van der Waals surface area contributed by atoms with Crippen LogP contribution < -0.4 is 4.74 Å². The lowest BCUT2D eigenvalue weighted by molar-refractivity contribution is -0.139. The normalized spacial score (nSPS) is 16.4. The van der Waals surface area contributed by atoms with Gasteiger partial charge in [0.25, 0.3) is 0 Å². The van der Waals surface area contributed by atoms with Crippen molar-refractivity contribution in [2.75, 3.05) is 13.2 Å². The van der Waals surface area contributed by atoms with Gasteiger partial charge in [-0.1, -0.05) is 25.3 Å². The van der Waals surface area contributed by atoms with Crippen molar-refractivity contribution in [1.82, 2.24) is 0 Å². The number of benzene rings is 1. The van der Waals surface area contributed by atoms with E-state index in [2.05, 4.69) is 13.2 Å². The molecule has 0 aromatic heterocycles. The highest BCUT2D eigenvalue weighted by atomic mass is 16.6. The van der Waals surface area contributed by atoms with Gasteiger partial charge in [0, 0.05) is 18.1 Å². The van der Waals surface area contributed by atoms with Crippen molar-refractivity contribution in [3.63, 3.8) is 0 Å². The summed E-state index contributed by atoms with van der Waals surface area (Å²) in [6, 6.07) is 7.61. The lowest BCUT2D eigenvalue weighted by Crippen LogP contribution is -2.02. The Morgan fingerprint density at radius 1 is 1.16 bits per heavy atom. The van der Waals surface area contributed by atoms with Crippen LogP contribution in [-0.4, -0.2) is 25.2 Å². The van der Waals surface area contributed by atoms with Crippen molar-refractivity contribution in [3.05, 3.63) is 54.6 Å². The quantitative estimate of drug-likeness (QED) is 0.366. The van der Waals surface area contributed by atoms with Crippen LogP contribution in [0.3, 0.4) is 0 Å². The number of ether oxygens (including phenoxy) is 3. The first-order valence-corrected chi connectivity index (χ1v) is 8.51. The number of hydrogen-bond acceptors (Lipinski definition) is 5. The topological polar surface area (TPSA) is 61.8 Å². The standard InChI is InChI=1S/C20H24O5/c1-3-19(21)24-13-7-5-4-6-12-23-17-10-8-16(9-11-17)18-14-15(2)20(22)25-18/h3,8-11,18H,1-2,4-7,12-14H2. The largest absolute Gasteiger partial charge is 0.494 e. The molecule has 0 aliphatic carbocycles. The fraction of sp³-hybridized carbons (Fsp3) is 0.400. The van der Waals surface area contributed by atoms with Crippen molar-refractivity contribution in [3.8, 4) is 5.75 Å². The van der Waals surface area contributed by atoms with Gasteiger partial charge in [0.2, 0.25) is 0 Å². The summed E-state index contributed by atoms with van der Waals surface area (Å²) in [5, 5.41) is 0. The molecule has 25 heavy (non-hydrogen) atoms. The molecule has 0 amide bonds. The molecular formula is C20H24O5. The number of unbranched alkanes of at least 4 members (excludes halogenated alkanes) is 3. The molecule has 1 saturated heterocycles. The Bertz CT molecular complexity index is 601. The first-order chi connectivity index (χ1) is 12.1. The van der Waals surface area contributed by atoms with Crippen LogP contribution in [0.2, 0.25) is 0 Å². The van der Waals surface area contributed by atoms with Gasteiger partial charge in [-0.3, -0.25) is 0 Å². The predicted molar refractivity (Wildman–Crippen MR) is 94.2 cm³/mol. The van der Waals surface area contributed by atoms with E-state index in [0.29, 0.717) is 25.2 Å². The molecule has 1 aromatic carbocycles. The molecule has 0 saturated carbocycles. The molecule has 0 bridgehead atoms. The van der Waals surface area contributed by atoms with E-state index in [9.17, 15) is 9.59 Å². The van der Waals surface area contributed by atoms with Gasteiger partial charge in [-0.05, 0) is 43.4 Å². The van der Waals surface area contributed by atoms with E-state index in [1.807, 2.05) is 24.3 Å². The molecule has 1 aromatic rings. The van der Waals surface area contributed by atoms with Gasteiger partial charge >= 0.3 is 11.9 Å². The number of esters is 2. The minimum atomic E-state index is -0.372. The number of hydrogen-bond donors (Lipinski definition) is 0. The van der Waals surface area contributed by atoms with E-state index in [1.54, 1.807) is 0 Å². The molecule has 1 fully saturated rings. The molecule has 0 N–H and O–H groups in total. The Hall–Kier alpha value is -2.56. The lowest BCUT2D eigenvalue weighted by atomic mass is 10.1. The van der Waals surface area contributed by atoms with Crippen LogP contribution in [0.4, 0.5) is 0 Å². The summed E-state index contributed by atoms with van der Waals surface area (Å²) < 4.78 is 15.9. The van der Waals surface area contributed by atoms with Gasteiger partial charge in [-0.15, -0.1) is 0 Å². The molecule has 0 radical (unpaired) electrons. The minimum Gasteiger partial charge on any atom is -0.494 e. The van der Waals surface area contributed by atoms with Crippen molar-refractivity contribution < 1.29 is 23.8 Å². The average Bonchev–Trinajstić information content (AvgIpc) is 2.96. The zero-order chi connectivity index (χ0) is 18.1. The molecule has 1 aliphatic rings. The third-order valence-electron chi connectivity index (χ3n) is 3.94. The number of cyclic esters (lactones) is 1. The molecular weight excluding hydrogens is 320 g/mol.